The molecule has 0 atom stereocenters. The predicted molar refractivity (Wildman–Crippen MR) is 77.4 cm³/mol. The molecule has 0 saturated heterocycles. The van der Waals surface area contributed by atoms with E-state index in [9.17, 15) is 5.26 Å². The van der Waals surface area contributed by atoms with E-state index in [0.717, 1.165) is 34.8 Å². The van der Waals surface area contributed by atoms with Gasteiger partial charge in [-0.05, 0) is 18.6 Å². The summed E-state index contributed by atoms with van der Waals surface area (Å²) >= 11 is 1.56. The summed E-state index contributed by atoms with van der Waals surface area (Å²) in [7, 11) is 0. The number of nitriles is 1. The third-order valence-electron chi connectivity index (χ3n) is 3.05. The van der Waals surface area contributed by atoms with Crippen LogP contribution in [0.4, 0.5) is 0 Å². The maximum absolute atomic E-state index is 9.39. The van der Waals surface area contributed by atoms with Crippen LogP contribution in [-0.4, -0.2) is 19.6 Å². The maximum atomic E-state index is 9.39. The van der Waals surface area contributed by atoms with Crippen molar-refractivity contribution in [2.24, 2.45) is 0 Å². The first-order chi connectivity index (χ1) is 9.83. The van der Waals surface area contributed by atoms with Gasteiger partial charge in [-0.2, -0.15) is 14.9 Å². The summed E-state index contributed by atoms with van der Waals surface area (Å²) in [6.07, 6.45) is 6.58. The van der Waals surface area contributed by atoms with Crippen LogP contribution in [-0.2, 0) is 6.42 Å². The van der Waals surface area contributed by atoms with Crippen molar-refractivity contribution >= 4 is 16.3 Å². The van der Waals surface area contributed by atoms with E-state index in [1.807, 2.05) is 12.1 Å². The van der Waals surface area contributed by atoms with Gasteiger partial charge in [0, 0.05) is 24.4 Å². The van der Waals surface area contributed by atoms with E-state index in [1.165, 1.54) is 0 Å². The van der Waals surface area contributed by atoms with Crippen molar-refractivity contribution in [1.29, 1.82) is 5.26 Å². The zero-order valence-corrected chi connectivity index (χ0v) is 11.9. The lowest BCUT2D eigenvalue weighted by Crippen LogP contribution is -1.93. The molecule has 0 saturated carbocycles. The first-order valence-corrected chi connectivity index (χ1v) is 7.34. The Bertz CT molecular complexity index is 766. The molecular formula is C14H13N5S. The summed E-state index contributed by atoms with van der Waals surface area (Å²) in [5.41, 5.74) is 2.06. The number of hydrogen-bond acceptors (Lipinski definition) is 5. The average molecular weight is 283 g/mol. The summed E-state index contributed by atoms with van der Waals surface area (Å²) in [5, 5.41) is 14.9. The fourth-order valence-corrected chi connectivity index (χ4v) is 2.96. The first-order valence-electron chi connectivity index (χ1n) is 6.52. The largest absolute Gasteiger partial charge is 0.265 e. The molecular weight excluding hydrogens is 270 g/mol. The van der Waals surface area contributed by atoms with Gasteiger partial charge in [0.25, 0.3) is 0 Å². The number of hydrogen-bond donors (Lipinski definition) is 0. The Kier molecular flexibility index (Phi) is 3.44. The molecule has 0 unspecified atom stereocenters. The van der Waals surface area contributed by atoms with Crippen LogP contribution < -0.4 is 0 Å². The van der Waals surface area contributed by atoms with Gasteiger partial charge in [0.05, 0.1) is 0 Å². The second kappa shape index (κ2) is 5.39. The monoisotopic (exact) mass is 283 g/mol. The third-order valence-corrected chi connectivity index (χ3v) is 4.02. The number of unbranched alkanes of at least 4 members (excludes halogenated alkanes) is 1. The highest BCUT2D eigenvalue weighted by Gasteiger charge is 2.17. The van der Waals surface area contributed by atoms with Crippen LogP contribution in [0.25, 0.3) is 16.2 Å². The van der Waals surface area contributed by atoms with Gasteiger partial charge in [-0.3, -0.25) is 4.98 Å². The highest BCUT2D eigenvalue weighted by atomic mass is 32.1. The molecule has 5 nitrogen and oxygen atoms in total. The quantitative estimate of drug-likeness (QED) is 0.738. The summed E-state index contributed by atoms with van der Waals surface area (Å²) in [5.74, 6) is 0. The number of rotatable bonds is 4. The molecule has 3 aromatic rings. The van der Waals surface area contributed by atoms with Gasteiger partial charge in [0.1, 0.15) is 16.8 Å². The van der Waals surface area contributed by atoms with Crippen LogP contribution >= 0.6 is 11.3 Å². The maximum Gasteiger partial charge on any atom is 0.214 e. The van der Waals surface area contributed by atoms with Crippen molar-refractivity contribution < 1.29 is 0 Å². The Morgan fingerprint density at radius 2 is 2.15 bits per heavy atom. The Hall–Kier alpha value is -2.26. The summed E-state index contributed by atoms with van der Waals surface area (Å²) in [6, 6.07) is 5.92. The van der Waals surface area contributed by atoms with Crippen molar-refractivity contribution in [1.82, 2.24) is 19.6 Å². The molecule has 6 heteroatoms. The van der Waals surface area contributed by atoms with Gasteiger partial charge in [-0.1, -0.05) is 24.7 Å². The number of fused-ring (bicyclic) bond motifs is 1. The molecule has 0 aliphatic heterocycles. The van der Waals surface area contributed by atoms with E-state index >= 15 is 0 Å². The molecule has 0 amide bonds. The van der Waals surface area contributed by atoms with Crippen LogP contribution in [0.2, 0.25) is 0 Å². The standard InChI is InChI=1S/C14H13N5S/c1-2-3-4-12-18-19-11(9-15)13(17-14(19)20-12)10-5-7-16-8-6-10/h5-8H,2-4H2,1H3. The summed E-state index contributed by atoms with van der Waals surface area (Å²) in [4.78, 5) is 9.31. The van der Waals surface area contributed by atoms with Gasteiger partial charge in [0.15, 0.2) is 5.69 Å². The smallest absolute Gasteiger partial charge is 0.214 e. The Morgan fingerprint density at radius 1 is 1.35 bits per heavy atom. The van der Waals surface area contributed by atoms with Crippen LogP contribution in [0.3, 0.4) is 0 Å². The van der Waals surface area contributed by atoms with E-state index < -0.39 is 0 Å². The van der Waals surface area contributed by atoms with E-state index in [1.54, 1.807) is 28.2 Å². The lowest BCUT2D eigenvalue weighted by atomic mass is 10.2. The fraction of sp³-hybridized carbons (Fsp3) is 0.286. The molecule has 100 valence electrons. The molecule has 0 aliphatic carbocycles. The van der Waals surface area contributed by atoms with Crippen molar-refractivity contribution in [2.45, 2.75) is 26.2 Å². The first kappa shape index (κ1) is 12.8. The van der Waals surface area contributed by atoms with E-state index in [2.05, 4.69) is 28.1 Å². The molecule has 3 aromatic heterocycles. The minimum atomic E-state index is 0.491. The van der Waals surface area contributed by atoms with Crippen molar-refractivity contribution in [2.75, 3.05) is 0 Å². The van der Waals surface area contributed by atoms with Gasteiger partial charge in [-0.15, -0.1) is 0 Å². The normalized spacial score (nSPS) is 10.8. The van der Waals surface area contributed by atoms with Crippen LogP contribution in [0, 0.1) is 11.3 Å². The molecule has 0 radical (unpaired) electrons. The van der Waals surface area contributed by atoms with Crippen LogP contribution in [0.5, 0.6) is 0 Å². The molecule has 0 spiro atoms. The van der Waals surface area contributed by atoms with Crippen molar-refractivity contribution in [3.8, 4) is 17.3 Å². The fourth-order valence-electron chi connectivity index (χ4n) is 2.03. The Balaban J connectivity index is 2.08. The molecule has 0 N–H and O–H groups in total. The second-order valence-corrected chi connectivity index (χ2v) is 5.49. The predicted octanol–water partition coefficient (Wildman–Crippen LogP) is 3.07. The number of aryl methyl sites for hydroxylation is 1. The van der Waals surface area contributed by atoms with E-state index in [0.29, 0.717) is 11.4 Å². The summed E-state index contributed by atoms with van der Waals surface area (Å²) in [6.45, 7) is 2.15. The molecule has 3 heterocycles. The van der Waals surface area contributed by atoms with Gasteiger partial charge >= 0.3 is 0 Å². The SMILES string of the molecule is CCCCc1nn2c(C#N)c(-c3ccncc3)nc2s1. The van der Waals surface area contributed by atoms with Gasteiger partial charge < -0.3 is 0 Å². The van der Waals surface area contributed by atoms with E-state index in [-0.39, 0.29) is 0 Å². The highest BCUT2D eigenvalue weighted by Crippen LogP contribution is 2.26. The summed E-state index contributed by atoms with van der Waals surface area (Å²) < 4.78 is 1.66. The lowest BCUT2D eigenvalue weighted by Gasteiger charge is -1.96. The minimum absolute atomic E-state index is 0.491. The molecule has 20 heavy (non-hydrogen) atoms. The molecule has 3 rings (SSSR count). The van der Waals surface area contributed by atoms with E-state index in [4.69, 9.17) is 0 Å². The Labute approximate surface area is 120 Å². The third kappa shape index (κ3) is 2.17. The lowest BCUT2D eigenvalue weighted by molar-refractivity contribution is 0.769. The molecule has 0 fully saturated rings. The number of aromatic nitrogens is 4. The minimum Gasteiger partial charge on any atom is -0.265 e. The van der Waals surface area contributed by atoms with Gasteiger partial charge in [0.2, 0.25) is 4.96 Å². The number of nitrogens with zero attached hydrogens (tertiary/aromatic N) is 5. The number of imidazole rings is 1. The van der Waals surface area contributed by atoms with Gasteiger partial charge in [-0.25, -0.2) is 4.98 Å². The zero-order valence-electron chi connectivity index (χ0n) is 11.1. The topological polar surface area (TPSA) is 66.9 Å². The molecule has 0 aromatic carbocycles. The highest BCUT2D eigenvalue weighted by molar-refractivity contribution is 7.16. The Morgan fingerprint density at radius 3 is 2.85 bits per heavy atom. The molecule has 0 bridgehead atoms. The second-order valence-electron chi connectivity index (χ2n) is 4.45. The van der Waals surface area contributed by atoms with Crippen LogP contribution in [0.15, 0.2) is 24.5 Å². The number of pyridine rings is 1. The van der Waals surface area contributed by atoms with Crippen molar-refractivity contribution in [3.63, 3.8) is 0 Å². The van der Waals surface area contributed by atoms with Crippen LogP contribution in [0.1, 0.15) is 30.5 Å². The zero-order chi connectivity index (χ0) is 13.9. The average Bonchev–Trinajstić information content (AvgIpc) is 3.02. The van der Waals surface area contributed by atoms with Crippen molar-refractivity contribution in [3.05, 3.63) is 35.2 Å². The molecule has 0 aliphatic rings.